The molecule has 0 aromatic carbocycles. The van der Waals surface area contributed by atoms with Crippen LogP contribution in [-0.2, 0) is 11.8 Å². The van der Waals surface area contributed by atoms with Gasteiger partial charge < -0.3 is 19.9 Å². The number of hydrogen-bond acceptors (Lipinski definition) is 6. The number of nitrogens with zero attached hydrogens (tertiary/aromatic N) is 6. The molecule has 156 valence electrons. The Labute approximate surface area is 172 Å². The lowest BCUT2D eigenvalue weighted by molar-refractivity contribution is -0.576. The van der Waals surface area contributed by atoms with Gasteiger partial charge in [-0.1, -0.05) is 0 Å². The monoisotopic (exact) mass is 411 g/mol. The molecule has 11 heteroatoms. The van der Waals surface area contributed by atoms with Crippen LogP contribution in [0.5, 0.6) is 0 Å². The Morgan fingerprint density at radius 2 is 2.03 bits per heavy atom. The number of aryl methyl sites for hydroxylation is 1. The average molecular weight is 411 g/mol. The molecule has 5 rings (SSSR count). The third-order valence-electron chi connectivity index (χ3n) is 5.47. The fourth-order valence-electron chi connectivity index (χ4n) is 3.65. The van der Waals surface area contributed by atoms with Crippen LogP contribution >= 0.6 is 0 Å². The molecule has 0 atom stereocenters. The number of hydrogen-bond donors (Lipinski definition) is 2. The van der Waals surface area contributed by atoms with Gasteiger partial charge in [0, 0.05) is 44.3 Å². The van der Waals surface area contributed by atoms with Crippen LogP contribution in [0.4, 0.5) is 11.6 Å². The number of carbonyl (C=O) groups is 2. The molecular formula is C19H23N8O3+. The minimum Gasteiger partial charge on any atom is -0.378 e. The highest BCUT2D eigenvalue weighted by Gasteiger charge is 2.29. The molecule has 2 aliphatic rings. The maximum Gasteiger partial charge on any atom is 0.353 e. The van der Waals surface area contributed by atoms with E-state index in [0.29, 0.717) is 43.2 Å². The topological polar surface area (TPSA) is 112 Å². The lowest BCUT2D eigenvalue weighted by Crippen LogP contribution is -2.42. The molecule has 5 heterocycles. The minimum atomic E-state index is -0.382. The lowest BCUT2D eigenvalue weighted by Gasteiger charge is -2.30. The van der Waals surface area contributed by atoms with Crippen LogP contribution in [0.25, 0.3) is 5.65 Å². The molecule has 2 amide bonds. The van der Waals surface area contributed by atoms with Crippen molar-refractivity contribution in [3.8, 4) is 0 Å². The highest BCUT2D eigenvalue weighted by Crippen LogP contribution is 2.18. The van der Waals surface area contributed by atoms with E-state index in [1.165, 1.54) is 10.9 Å². The SMILES string of the molecule is Cn1ncc(C(=O)N2CCC2)c1C(=O)Nc1cc[n+]2[nH]c(N3CCOCC3)nc2c1. The predicted molar refractivity (Wildman–Crippen MR) is 106 cm³/mol. The van der Waals surface area contributed by atoms with Crippen molar-refractivity contribution in [3.05, 3.63) is 35.8 Å². The van der Waals surface area contributed by atoms with E-state index in [1.807, 2.05) is 0 Å². The summed E-state index contributed by atoms with van der Waals surface area (Å²) in [4.78, 5) is 34.0. The van der Waals surface area contributed by atoms with Gasteiger partial charge in [-0.15, -0.1) is 4.52 Å². The molecule has 2 fully saturated rings. The molecule has 0 bridgehead atoms. The zero-order chi connectivity index (χ0) is 20.7. The van der Waals surface area contributed by atoms with Crippen molar-refractivity contribution >= 4 is 29.1 Å². The molecule has 0 saturated carbocycles. The first-order chi connectivity index (χ1) is 14.6. The summed E-state index contributed by atoms with van der Waals surface area (Å²) >= 11 is 0. The average Bonchev–Trinajstić information content (AvgIpc) is 3.30. The van der Waals surface area contributed by atoms with E-state index in [-0.39, 0.29) is 17.5 Å². The predicted octanol–water partition coefficient (Wildman–Crippen LogP) is -0.183. The Balaban J connectivity index is 1.37. The molecule has 0 radical (unpaired) electrons. The number of rotatable bonds is 4. The second kappa shape index (κ2) is 7.41. The summed E-state index contributed by atoms with van der Waals surface area (Å²) in [6.07, 6.45) is 4.25. The van der Waals surface area contributed by atoms with E-state index in [0.717, 1.165) is 25.5 Å². The zero-order valence-electron chi connectivity index (χ0n) is 16.7. The number of likely N-dealkylation sites (tertiary alicyclic amines) is 1. The third-order valence-corrected chi connectivity index (χ3v) is 5.47. The van der Waals surface area contributed by atoms with Gasteiger partial charge in [0.05, 0.1) is 36.7 Å². The molecule has 2 aliphatic heterocycles. The van der Waals surface area contributed by atoms with Crippen LogP contribution in [0.1, 0.15) is 27.3 Å². The minimum absolute atomic E-state index is 0.159. The molecule has 30 heavy (non-hydrogen) atoms. The number of ether oxygens (including phenoxy) is 1. The molecule has 0 spiro atoms. The van der Waals surface area contributed by atoms with Gasteiger partial charge in [0.2, 0.25) is 0 Å². The quantitative estimate of drug-likeness (QED) is 0.576. The number of anilines is 2. The van der Waals surface area contributed by atoms with E-state index in [2.05, 4.69) is 25.4 Å². The first-order valence-corrected chi connectivity index (χ1v) is 9.97. The smallest absolute Gasteiger partial charge is 0.353 e. The standard InChI is InChI=1S/C19H22N8O3/c1-24-16(14(12-20-24)18(29)25-4-2-5-25)17(28)21-13-3-6-27-15(11-13)22-19(23-27)26-7-9-30-10-8-26/h3,6,11-12H,2,4-5,7-10H2,1H3,(H,21,22,23,28)/p+1. The van der Waals surface area contributed by atoms with Crippen LogP contribution in [-0.4, -0.2) is 76.0 Å². The van der Waals surface area contributed by atoms with Gasteiger partial charge in [0.25, 0.3) is 11.8 Å². The van der Waals surface area contributed by atoms with Gasteiger partial charge in [-0.3, -0.25) is 14.3 Å². The van der Waals surface area contributed by atoms with E-state index < -0.39 is 0 Å². The molecule has 0 unspecified atom stereocenters. The van der Waals surface area contributed by atoms with Crippen LogP contribution < -0.4 is 14.7 Å². The summed E-state index contributed by atoms with van der Waals surface area (Å²) < 4.78 is 8.61. The molecule has 2 N–H and O–H groups in total. The summed E-state index contributed by atoms with van der Waals surface area (Å²) in [6.45, 7) is 4.33. The third kappa shape index (κ3) is 3.26. The number of pyridine rings is 1. The fraction of sp³-hybridized carbons (Fsp3) is 0.421. The number of nitrogens with one attached hydrogen (secondary N) is 2. The molecule has 2 saturated heterocycles. The Kier molecular flexibility index (Phi) is 4.58. The maximum atomic E-state index is 12.9. The van der Waals surface area contributed by atoms with Gasteiger partial charge in [-0.05, 0) is 6.42 Å². The van der Waals surface area contributed by atoms with Crippen molar-refractivity contribution in [1.29, 1.82) is 0 Å². The largest absolute Gasteiger partial charge is 0.378 e. The fourth-order valence-corrected chi connectivity index (χ4v) is 3.65. The highest BCUT2D eigenvalue weighted by molar-refractivity contribution is 6.11. The lowest BCUT2D eigenvalue weighted by atomic mass is 10.1. The summed E-state index contributed by atoms with van der Waals surface area (Å²) in [5.41, 5.74) is 1.83. The number of aromatic amines is 1. The van der Waals surface area contributed by atoms with Gasteiger partial charge in [0.1, 0.15) is 11.9 Å². The number of fused-ring (bicyclic) bond motifs is 1. The number of amides is 2. The van der Waals surface area contributed by atoms with E-state index in [9.17, 15) is 9.59 Å². The van der Waals surface area contributed by atoms with Crippen molar-refractivity contribution in [2.75, 3.05) is 49.6 Å². The summed E-state index contributed by atoms with van der Waals surface area (Å²) in [5.74, 6) is 0.218. The molecule has 3 aromatic heterocycles. The number of morpholine rings is 1. The zero-order valence-corrected chi connectivity index (χ0v) is 16.7. The van der Waals surface area contributed by atoms with Gasteiger partial charge >= 0.3 is 11.6 Å². The van der Waals surface area contributed by atoms with Gasteiger partial charge in [0.15, 0.2) is 0 Å². The Morgan fingerprint density at radius 3 is 2.77 bits per heavy atom. The Bertz CT molecular complexity index is 1110. The van der Waals surface area contributed by atoms with Crippen LogP contribution in [0.15, 0.2) is 24.5 Å². The summed E-state index contributed by atoms with van der Waals surface area (Å²) in [6, 6.07) is 3.56. The molecule has 0 aliphatic carbocycles. The second-order valence-electron chi connectivity index (χ2n) is 7.42. The molecule has 11 nitrogen and oxygen atoms in total. The maximum absolute atomic E-state index is 12.9. The molecular weight excluding hydrogens is 388 g/mol. The van der Waals surface area contributed by atoms with Gasteiger partial charge in [-0.25, -0.2) is 0 Å². The molecule has 3 aromatic rings. The van der Waals surface area contributed by atoms with Crippen molar-refractivity contribution in [1.82, 2.24) is 24.8 Å². The van der Waals surface area contributed by atoms with Crippen molar-refractivity contribution in [3.63, 3.8) is 0 Å². The normalized spacial score (nSPS) is 16.6. The van der Waals surface area contributed by atoms with Crippen LogP contribution in [0.3, 0.4) is 0 Å². The number of H-pyrrole nitrogens is 1. The highest BCUT2D eigenvalue weighted by atomic mass is 16.5. The van der Waals surface area contributed by atoms with Crippen molar-refractivity contribution < 1.29 is 18.8 Å². The second-order valence-corrected chi connectivity index (χ2v) is 7.42. The van der Waals surface area contributed by atoms with E-state index in [4.69, 9.17) is 4.74 Å². The number of aromatic nitrogens is 5. The van der Waals surface area contributed by atoms with Crippen LogP contribution in [0, 0.1) is 0 Å². The van der Waals surface area contributed by atoms with Crippen molar-refractivity contribution in [2.24, 2.45) is 7.05 Å². The summed E-state index contributed by atoms with van der Waals surface area (Å²) in [7, 11) is 1.66. The van der Waals surface area contributed by atoms with E-state index >= 15 is 0 Å². The Hall–Kier alpha value is -3.47. The Morgan fingerprint density at radius 1 is 1.23 bits per heavy atom. The first-order valence-electron chi connectivity index (χ1n) is 9.97. The van der Waals surface area contributed by atoms with Crippen LogP contribution in [0.2, 0.25) is 0 Å². The van der Waals surface area contributed by atoms with Gasteiger partial charge in [-0.2, -0.15) is 10.2 Å². The number of carbonyl (C=O) groups excluding carboxylic acids is 2. The first kappa shape index (κ1) is 18.6. The van der Waals surface area contributed by atoms with E-state index in [1.54, 1.807) is 34.8 Å². The summed E-state index contributed by atoms with van der Waals surface area (Å²) in [5, 5.41) is 10.2. The van der Waals surface area contributed by atoms with Crippen molar-refractivity contribution in [2.45, 2.75) is 6.42 Å².